The van der Waals surface area contributed by atoms with Crippen LogP contribution in [-0.2, 0) is 9.53 Å². The minimum Gasteiger partial charge on any atom is -0.381 e. The molecule has 1 amide bonds. The molecule has 1 saturated heterocycles. The Kier molecular flexibility index (Phi) is 2.31. The second kappa shape index (κ2) is 3.46. The van der Waals surface area contributed by atoms with Gasteiger partial charge in [-0.1, -0.05) is 0 Å². The number of nitrogens with zero attached hydrogens (tertiary/aromatic N) is 2. The first kappa shape index (κ1) is 8.69. The zero-order valence-corrected chi connectivity index (χ0v) is 7.82. The maximum absolute atomic E-state index is 11.2. The van der Waals surface area contributed by atoms with Crippen molar-refractivity contribution in [1.82, 2.24) is 4.90 Å². The summed E-state index contributed by atoms with van der Waals surface area (Å²) in [5.74, 6) is 1.51. The fraction of sp³-hybridized carbons (Fsp3) is 0.778. The van der Waals surface area contributed by atoms with E-state index in [1.807, 2.05) is 7.05 Å². The lowest BCUT2D eigenvalue weighted by molar-refractivity contribution is -0.124. The standard InChI is InChI=1S/C9H14N2O2/c1-11-8(12)6-10-9(11)7-2-4-13-5-3-7/h7H,2-6H2,1H3. The van der Waals surface area contributed by atoms with E-state index < -0.39 is 0 Å². The lowest BCUT2D eigenvalue weighted by Crippen LogP contribution is -2.35. The number of carbonyl (C=O) groups excluding carboxylic acids is 1. The zero-order valence-electron chi connectivity index (χ0n) is 7.82. The van der Waals surface area contributed by atoms with Gasteiger partial charge in [-0.15, -0.1) is 0 Å². The van der Waals surface area contributed by atoms with Gasteiger partial charge in [-0.25, -0.2) is 0 Å². The number of aliphatic imine (C=N–C) groups is 1. The Morgan fingerprint density at radius 3 is 2.69 bits per heavy atom. The van der Waals surface area contributed by atoms with E-state index in [9.17, 15) is 4.79 Å². The molecule has 2 rings (SSSR count). The van der Waals surface area contributed by atoms with Crippen molar-refractivity contribution in [3.63, 3.8) is 0 Å². The quantitative estimate of drug-likeness (QED) is 0.584. The molecule has 0 radical (unpaired) electrons. The fourth-order valence-corrected chi connectivity index (χ4v) is 1.85. The van der Waals surface area contributed by atoms with Crippen LogP contribution in [0.3, 0.4) is 0 Å². The molecule has 0 aliphatic carbocycles. The highest BCUT2D eigenvalue weighted by atomic mass is 16.5. The minimum atomic E-state index is 0.112. The van der Waals surface area contributed by atoms with Crippen LogP contribution in [0.25, 0.3) is 0 Å². The molecule has 0 unspecified atom stereocenters. The largest absolute Gasteiger partial charge is 0.381 e. The van der Waals surface area contributed by atoms with Crippen LogP contribution in [0.1, 0.15) is 12.8 Å². The number of carbonyl (C=O) groups is 1. The molecule has 2 aliphatic heterocycles. The van der Waals surface area contributed by atoms with Gasteiger partial charge in [-0.3, -0.25) is 9.79 Å². The molecule has 4 heteroatoms. The molecule has 13 heavy (non-hydrogen) atoms. The Hall–Kier alpha value is -0.900. The van der Waals surface area contributed by atoms with E-state index in [1.54, 1.807) is 4.90 Å². The van der Waals surface area contributed by atoms with Gasteiger partial charge in [-0.2, -0.15) is 0 Å². The van der Waals surface area contributed by atoms with E-state index in [-0.39, 0.29) is 5.91 Å². The van der Waals surface area contributed by atoms with Crippen molar-refractivity contribution >= 4 is 11.7 Å². The number of likely N-dealkylation sites (N-methyl/N-ethyl adjacent to an activating group) is 1. The predicted octanol–water partition coefficient (Wildman–Crippen LogP) is 0.283. The molecule has 2 heterocycles. The third-order valence-corrected chi connectivity index (χ3v) is 2.68. The summed E-state index contributed by atoms with van der Waals surface area (Å²) in [4.78, 5) is 17.2. The minimum absolute atomic E-state index is 0.112. The fourth-order valence-electron chi connectivity index (χ4n) is 1.85. The van der Waals surface area contributed by atoms with Crippen LogP contribution in [0, 0.1) is 5.92 Å². The summed E-state index contributed by atoms with van der Waals surface area (Å²) in [5.41, 5.74) is 0. The number of amides is 1. The molecular weight excluding hydrogens is 168 g/mol. The van der Waals surface area contributed by atoms with Crippen LogP contribution < -0.4 is 0 Å². The molecular formula is C9H14N2O2. The third kappa shape index (κ3) is 1.58. The van der Waals surface area contributed by atoms with Crippen molar-refractivity contribution < 1.29 is 9.53 Å². The van der Waals surface area contributed by atoms with E-state index in [0.29, 0.717) is 12.5 Å². The summed E-state index contributed by atoms with van der Waals surface area (Å²) in [6.45, 7) is 1.93. The van der Waals surface area contributed by atoms with Crippen LogP contribution in [0.2, 0.25) is 0 Å². The van der Waals surface area contributed by atoms with Crippen LogP contribution in [0.15, 0.2) is 4.99 Å². The number of rotatable bonds is 1. The second-order valence-electron chi connectivity index (χ2n) is 3.51. The summed E-state index contributed by atoms with van der Waals surface area (Å²) in [7, 11) is 1.81. The van der Waals surface area contributed by atoms with E-state index in [0.717, 1.165) is 31.9 Å². The number of hydrogen-bond donors (Lipinski definition) is 0. The normalized spacial score (nSPS) is 25.2. The van der Waals surface area contributed by atoms with Gasteiger partial charge in [0.05, 0.1) is 0 Å². The molecule has 0 atom stereocenters. The first-order chi connectivity index (χ1) is 6.29. The molecule has 72 valence electrons. The van der Waals surface area contributed by atoms with Crippen molar-refractivity contribution in [2.24, 2.45) is 10.9 Å². The highest BCUT2D eigenvalue weighted by molar-refractivity contribution is 6.04. The molecule has 0 N–H and O–H groups in total. The van der Waals surface area contributed by atoms with Crippen molar-refractivity contribution in [1.29, 1.82) is 0 Å². The third-order valence-electron chi connectivity index (χ3n) is 2.68. The maximum atomic E-state index is 11.2. The Labute approximate surface area is 77.6 Å². The summed E-state index contributed by atoms with van der Waals surface area (Å²) < 4.78 is 5.26. The average Bonchev–Trinajstić information content (AvgIpc) is 2.49. The monoisotopic (exact) mass is 182 g/mol. The summed E-state index contributed by atoms with van der Waals surface area (Å²) >= 11 is 0. The Balaban J connectivity index is 2.03. The van der Waals surface area contributed by atoms with Gasteiger partial charge >= 0.3 is 0 Å². The highest BCUT2D eigenvalue weighted by Gasteiger charge is 2.29. The molecule has 0 bridgehead atoms. The van der Waals surface area contributed by atoms with Crippen LogP contribution >= 0.6 is 0 Å². The first-order valence-electron chi connectivity index (χ1n) is 4.67. The van der Waals surface area contributed by atoms with Crippen LogP contribution in [-0.4, -0.2) is 43.4 Å². The van der Waals surface area contributed by atoms with Gasteiger partial charge in [-0.05, 0) is 12.8 Å². The lowest BCUT2D eigenvalue weighted by atomic mass is 9.98. The molecule has 0 spiro atoms. The van der Waals surface area contributed by atoms with Crippen molar-refractivity contribution in [3.05, 3.63) is 0 Å². The van der Waals surface area contributed by atoms with Crippen LogP contribution in [0.4, 0.5) is 0 Å². The molecule has 0 aromatic rings. The topological polar surface area (TPSA) is 41.9 Å². The lowest BCUT2D eigenvalue weighted by Gasteiger charge is -2.25. The number of amidine groups is 1. The SMILES string of the molecule is CN1C(=O)CN=C1C1CCOCC1. The molecule has 4 nitrogen and oxygen atoms in total. The first-order valence-corrected chi connectivity index (χ1v) is 4.67. The summed E-state index contributed by atoms with van der Waals surface area (Å²) in [6, 6.07) is 0. The zero-order chi connectivity index (χ0) is 9.26. The van der Waals surface area contributed by atoms with Gasteiger partial charge in [0.15, 0.2) is 0 Å². The van der Waals surface area contributed by atoms with Gasteiger partial charge in [0.1, 0.15) is 12.4 Å². The molecule has 0 saturated carbocycles. The average molecular weight is 182 g/mol. The molecule has 0 aromatic heterocycles. The van der Waals surface area contributed by atoms with E-state index in [4.69, 9.17) is 4.74 Å². The number of ether oxygens (including phenoxy) is 1. The van der Waals surface area contributed by atoms with Gasteiger partial charge < -0.3 is 9.64 Å². The molecule has 0 aromatic carbocycles. The Morgan fingerprint density at radius 2 is 2.15 bits per heavy atom. The van der Waals surface area contributed by atoms with E-state index in [2.05, 4.69) is 4.99 Å². The van der Waals surface area contributed by atoms with Crippen molar-refractivity contribution in [3.8, 4) is 0 Å². The van der Waals surface area contributed by atoms with Gasteiger partial charge in [0, 0.05) is 26.2 Å². The maximum Gasteiger partial charge on any atom is 0.249 e. The van der Waals surface area contributed by atoms with E-state index in [1.165, 1.54) is 0 Å². The Morgan fingerprint density at radius 1 is 1.46 bits per heavy atom. The van der Waals surface area contributed by atoms with Crippen molar-refractivity contribution in [2.45, 2.75) is 12.8 Å². The summed E-state index contributed by atoms with van der Waals surface area (Å²) in [6.07, 6.45) is 1.99. The predicted molar refractivity (Wildman–Crippen MR) is 48.6 cm³/mol. The van der Waals surface area contributed by atoms with Gasteiger partial charge in [0.2, 0.25) is 5.91 Å². The Bertz CT molecular complexity index is 244. The smallest absolute Gasteiger partial charge is 0.249 e. The second-order valence-corrected chi connectivity index (χ2v) is 3.51. The highest BCUT2D eigenvalue weighted by Crippen LogP contribution is 2.20. The summed E-state index contributed by atoms with van der Waals surface area (Å²) in [5, 5.41) is 0. The molecule has 1 fully saturated rings. The van der Waals surface area contributed by atoms with Crippen molar-refractivity contribution in [2.75, 3.05) is 26.8 Å². The van der Waals surface area contributed by atoms with Gasteiger partial charge in [0.25, 0.3) is 0 Å². The van der Waals surface area contributed by atoms with E-state index >= 15 is 0 Å². The van der Waals surface area contributed by atoms with Crippen LogP contribution in [0.5, 0.6) is 0 Å². The molecule has 2 aliphatic rings. The number of hydrogen-bond acceptors (Lipinski definition) is 3.